The highest BCUT2D eigenvalue weighted by Gasteiger charge is 2.42. The SMILES string of the molecule is CC(O)CC1C=C(C(=O)O)[C@H]2CC[C@@H]1N2C. The summed E-state index contributed by atoms with van der Waals surface area (Å²) in [7, 11) is 1.99. The molecule has 0 radical (unpaired) electrons. The van der Waals surface area contributed by atoms with Crippen LogP contribution in [0.25, 0.3) is 0 Å². The summed E-state index contributed by atoms with van der Waals surface area (Å²) in [4.78, 5) is 13.3. The van der Waals surface area contributed by atoms with Gasteiger partial charge in [-0.05, 0) is 39.2 Å². The van der Waals surface area contributed by atoms with Gasteiger partial charge in [0.25, 0.3) is 0 Å². The molecule has 0 amide bonds. The minimum absolute atomic E-state index is 0.0766. The van der Waals surface area contributed by atoms with E-state index in [1.807, 2.05) is 13.1 Å². The molecule has 2 N–H and O–H groups in total. The molecule has 0 spiro atoms. The maximum Gasteiger partial charge on any atom is 0.332 e. The zero-order chi connectivity index (χ0) is 11.9. The zero-order valence-corrected chi connectivity index (χ0v) is 9.76. The predicted octanol–water partition coefficient (Wildman–Crippen LogP) is 0.861. The van der Waals surface area contributed by atoms with Crippen LogP contribution in [0.15, 0.2) is 11.6 Å². The average molecular weight is 225 g/mol. The Bertz CT molecular complexity index is 324. The van der Waals surface area contributed by atoms with Gasteiger partial charge in [-0.25, -0.2) is 4.79 Å². The molecule has 0 aromatic carbocycles. The molecule has 90 valence electrons. The number of aliphatic hydroxyl groups excluding tert-OH is 1. The lowest BCUT2D eigenvalue weighted by atomic mass is 9.88. The van der Waals surface area contributed by atoms with E-state index in [9.17, 15) is 15.0 Å². The Balaban J connectivity index is 2.25. The quantitative estimate of drug-likeness (QED) is 0.748. The van der Waals surface area contributed by atoms with Crippen molar-refractivity contribution in [1.29, 1.82) is 0 Å². The molecule has 0 aromatic rings. The first-order valence-electron chi connectivity index (χ1n) is 5.85. The number of aliphatic carboxylic acids is 1. The van der Waals surface area contributed by atoms with Crippen molar-refractivity contribution in [3.05, 3.63) is 11.6 Å². The van der Waals surface area contributed by atoms with Gasteiger partial charge in [0.15, 0.2) is 0 Å². The van der Waals surface area contributed by atoms with Gasteiger partial charge in [0.2, 0.25) is 0 Å². The molecule has 0 aliphatic carbocycles. The molecule has 4 atom stereocenters. The van der Waals surface area contributed by atoms with Crippen LogP contribution in [-0.2, 0) is 4.79 Å². The standard InChI is InChI=1S/C12H19NO3/c1-7(14)5-8-6-9(12(15)16)11-4-3-10(8)13(11)2/h6-8,10-11,14H,3-5H2,1-2H3,(H,15,16)/t7?,8?,10-,11+/m0/s1. The minimum atomic E-state index is -0.812. The number of hydrogen-bond acceptors (Lipinski definition) is 3. The lowest BCUT2D eigenvalue weighted by molar-refractivity contribution is -0.133. The molecule has 2 unspecified atom stereocenters. The molecular weight excluding hydrogens is 206 g/mol. The number of nitrogens with zero attached hydrogens (tertiary/aromatic N) is 1. The maximum atomic E-state index is 11.2. The molecule has 1 saturated heterocycles. The number of fused-ring (bicyclic) bond motifs is 2. The van der Waals surface area contributed by atoms with Gasteiger partial charge in [-0.15, -0.1) is 0 Å². The van der Waals surface area contributed by atoms with Crippen LogP contribution < -0.4 is 0 Å². The molecule has 2 heterocycles. The molecule has 2 rings (SSSR count). The fraction of sp³-hybridized carbons (Fsp3) is 0.750. The Morgan fingerprint density at radius 2 is 2.31 bits per heavy atom. The average Bonchev–Trinajstić information content (AvgIpc) is 2.44. The van der Waals surface area contributed by atoms with Crippen molar-refractivity contribution in [3.8, 4) is 0 Å². The van der Waals surface area contributed by atoms with Crippen molar-refractivity contribution >= 4 is 5.97 Å². The van der Waals surface area contributed by atoms with E-state index in [2.05, 4.69) is 4.90 Å². The monoisotopic (exact) mass is 225 g/mol. The van der Waals surface area contributed by atoms with E-state index in [4.69, 9.17) is 0 Å². The number of likely N-dealkylation sites (N-methyl/N-ethyl adjacent to an activating group) is 1. The van der Waals surface area contributed by atoms with Crippen LogP contribution >= 0.6 is 0 Å². The fourth-order valence-corrected chi connectivity index (χ4v) is 3.14. The van der Waals surface area contributed by atoms with E-state index in [-0.39, 0.29) is 18.1 Å². The summed E-state index contributed by atoms with van der Waals surface area (Å²) < 4.78 is 0. The lowest BCUT2D eigenvalue weighted by Crippen LogP contribution is -2.43. The molecule has 2 aliphatic rings. The molecule has 4 nitrogen and oxygen atoms in total. The highest BCUT2D eigenvalue weighted by Crippen LogP contribution is 2.39. The van der Waals surface area contributed by atoms with Crippen molar-refractivity contribution in [3.63, 3.8) is 0 Å². The van der Waals surface area contributed by atoms with Crippen LogP contribution in [0.3, 0.4) is 0 Å². The Hall–Kier alpha value is -0.870. The summed E-state index contributed by atoms with van der Waals surface area (Å²) in [5, 5.41) is 18.6. The van der Waals surface area contributed by atoms with Gasteiger partial charge in [-0.1, -0.05) is 6.08 Å². The van der Waals surface area contributed by atoms with E-state index in [1.165, 1.54) is 0 Å². The van der Waals surface area contributed by atoms with E-state index in [1.54, 1.807) is 6.92 Å². The second-order valence-electron chi connectivity index (χ2n) is 5.00. The largest absolute Gasteiger partial charge is 0.478 e. The summed E-state index contributed by atoms with van der Waals surface area (Å²) in [6, 6.07) is 0.482. The molecule has 16 heavy (non-hydrogen) atoms. The lowest BCUT2D eigenvalue weighted by Gasteiger charge is -2.36. The van der Waals surface area contributed by atoms with Crippen molar-refractivity contribution in [2.24, 2.45) is 5.92 Å². The van der Waals surface area contributed by atoms with E-state index in [0.29, 0.717) is 18.0 Å². The molecule has 2 aliphatic heterocycles. The Labute approximate surface area is 95.6 Å². The highest BCUT2D eigenvalue weighted by molar-refractivity contribution is 5.88. The Morgan fingerprint density at radius 1 is 1.62 bits per heavy atom. The van der Waals surface area contributed by atoms with Gasteiger partial charge in [-0.3, -0.25) is 4.90 Å². The first-order chi connectivity index (χ1) is 7.50. The summed E-state index contributed by atoms with van der Waals surface area (Å²) in [5.41, 5.74) is 0.516. The number of aliphatic hydroxyl groups is 1. The number of carboxylic acids is 1. The minimum Gasteiger partial charge on any atom is -0.478 e. The number of rotatable bonds is 3. The number of hydrogen-bond donors (Lipinski definition) is 2. The van der Waals surface area contributed by atoms with Crippen LogP contribution in [0.5, 0.6) is 0 Å². The van der Waals surface area contributed by atoms with Crippen molar-refractivity contribution in [2.45, 2.75) is 44.4 Å². The van der Waals surface area contributed by atoms with E-state index < -0.39 is 5.97 Å². The third-order valence-corrected chi connectivity index (χ3v) is 3.86. The van der Waals surface area contributed by atoms with E-state index in [0.717, 1.165) is 12.8 Å². The second-order valence-corrected chi connectivity index (χ2v) is 5.00. The van der Waals surface area contributed by atoms with Gasteiger partial charge in [0.1, 0.15) is 0 Å². The van der Waals surface area contributed by atoms with Crippen LogP contribution in [0.2, 0.25) is 0 Å². The van der Waals surface area contributed by atoms with Crippen molar-refractivity contribution < 1.29 is 15.0 Å². The molecule has 4 heteroatoms. The number of carboxylic acid groups (broad SMARTS) is 1. The molecule has 2 bridgehead atoms. The Morgan fingerprint density at radius 3 is 2.88 bits per heavy atom. The normalized spacial score (nSPS) is 35.9. The molecule has 0 aromatic heterocycles. The summed E-state index contributed by atoms with van der Waals surface area (Å²) in [6.45, 7) is 1.76. The van der Waals surface area contributed by atoms with Crippen LogP contribution in [0, 0.1) is 5.92 Å². The van der Waals surface area contributed by atoms with Crippen molar-refractivity contribution in [1.82, 2.24) is 4.90 Å². The zero-order valence-electron chi connectivity index (χ0n) is 9.76. The summed E-state index contributed by atoms with van der Waals surface area (Å²) in [6.07, 6.45) is 4.11. The smallest absolute Gasteiger partial charge is 0.332 e. The third-order valence-electron chi connectivity index (χ3n) is 3.86. The fourth-order valence-electron chi connectivity index (χ4n) is 3.14. The Kier molecular flexibility index (Phi) is 3.04. The van der Waals surface area contributed by atoms with Crippen LogP contribution in [-0.4, -0.2) is 46.3 Å². The van der Waals surface area contributed by atoms with Gasteiger partial charge in [-0.2, -0.15) is 0 Å². The van der Waals surface area contributed by atoms with Gasteiger partial charge < -0.3 is 10.2 Å². The topological polar surface area (TPSA) is 60.8 Å². The van der Waals surface area contributed by atoms with Gasteiger partial charge in [0, 0.05) is 12.1 Å². The highest BCUT2D eigenvalue weighted by atomic mass is 16.4. The maximum absolute atomic E-state index is 11.2. The second kappa shape index (κ2) is 4.18. The first-order valence-corrected chi connectivity index (χ1v) is 5.85. The van der Waals surface area contributed by atoms with Gasteiger partial charge in [0.05, 0.1) is 11.7 Å². The molecule has 1 fully saturated rings. The van der Waals surface area contributed by atoms with Crippen molar-refractivity contribution in [2.75, 3.05) is 7.05 Å². The first kappa shape index (κ1) is 11.6. The summed E-state index contributed by atoms with van der Waals surface area (Å²) in [5.74, 6) is -0.636. The third kappa shape index (κ3) is 1.87. The van der Waals surface area contributed by atoms with Gasteiger partial charge >= 0.3 is 5.97 Å². The predicted molar refractivity (Wildman–Crippen MR) is 60.1 cm³/mol. The van der Waals surface area contributed by atoms with Crippen LogP contribution in [0.1, 0.15) is 26.2 Å². The number of carbonyl (C=O) groups is 1. The van der Waals surface area contributed by atoms with Crippen LogP contribution in [0.4, 0.5) is 0 Å². The van der Waals surface area contributed by atoms with E-state index >= 15 is 0 Å². The molecular formula is C12H19NO3. The summed E-state index contributed by atoms with van der Waals surface area (Å²) >= 11 is 0. The molecule has 0 saturated carbocycles.